The van der Waals surface area contributed by atoms with Crippen molar-refractivity contribution in [1.29, 1.82) is 0 Å². The van der Waals surface area contributed by atoms with E-state index < -0.39 is 0 Å². The van der Waals surface area contributed by atoms with Gasteiger partial charge >= 0.3 is 0 Å². The topological polar surface area (TPSA) is 65.1 Å². The lowest BCUT2D eigenvalue weighted by Gasteiger charge is -2.11. The molecule has 2 heterocycles. The van der Waals surface area contributed by atoms with Crippen LogP contribution in [0, 0.1) is 19.7 Å². The Bertz CT molecular complexity index is 928. The van der Waals surface area contributed by atoms with Gasteiger partial charge < -0.3 is 15.6 Å². The van der Waals surface area contributed by atoms with Gasteiger partial charge in [0.15, 0.2) is 5.96 Å². The summed E-state index contributed by atoms with van der Waals surface area (Å²) in [5, 5.41) is 8.84. The summed E-state index contributed by atoms with van der Waals surface area (Å²) in [6.45, 7) is 8.45. The van der Waals surface area contributed by atoms with E-state index in [1.54, 1.807) is 11.3 Å². The lowest BCUT2D eigenvalue weighted by Crippen LogP contribution is -2.38. The van der Waals surface area contributed by atoms with E-state index in [4.69, 9.17) is 0 Å². The third-order valence-electron chi connectivity index (χ3n) is 4.37. The molecule has 0 aliphatic rings. The largest absolute Gasteiger partial charge is 0.361 e. The van der Waals surface area contributed by atoms with Crippen LogP contribution in [0.3, 0.4) is 0 Å². The minimum absolute atomic E-state index is 0.220. The van der Waals surface area contributed by atoms with Crippen LogP contribution in [0.4, 0.5) is 4.39 Å². The minimum Gasteiger partial charge on any atom is -0.361 e. The van der Waals surface area contributed by atoms with E-state index in [1.165, 1.54) is 22.6 Å². The number of benzene rings is 1. The van der Waals surface area contributed by atoms with Crippen molar-refractivity contribution in [2.24, 2.45) is 4.99 Å². The number of thiazole rings is 1. The maximum atomic E-state index is 13.3. The molecule has 3 N–H and O–H groups in total. The molecule has 0 aliphatic heterocycles. The summed E-state index contributed by atoms with van der Waals surface area (Å²) in [6, 6.07) is 4.86. The Morgan fingerprint density at radius 2 is 2.11 bits per heavy atom. The molecule has 0 radical (unpaired) electrons. The molecule has 3 rings (SSSR count). The second-order valence-corrected chi connectivity index (χ2v) is 7.72. The van der Waals surface area contributed by atoms with Crippen molar-refractivity contribution in [3.63, 3.8) is 0 Å². The first kappa shape index (κ1) is 19.4. The van der Waals surface area contributed by atoms with Crippen LogP contribution in [0.5, 0.6) is 0 Å². The number of halogens is 1. The molecule has 5 nitrogen and oxygen atoms in total. The predicted octanol–water partition coefficient (Wildman–Crippen LogP) is 3.72. The molecule has 0 aliphatic carbocycles. The Kier molecular flexibility index (Phi) is 6.45. The van der Waals surface area contributed by atoms with E-state index >= 15 is 0 Å². The number of aryl methyl sites for hydroxylation is 2. The van der Waals surface area contributed by atoms with Gasteiger partial charge in [0.25, 0.3) is 0 Å². The maximum Gasteiger partial charge on any atom is 0.191 e. The van der Waals surface area contributed by atoms with Gasteiger partial charge in [0.05, 0.1) is 10.7 Å². The number of aromatic nitrogens is 2. The number of guanidine groups is 1. The molecule has 3 aromatic rings. The van der Waals surface area contributed by atoms with E-state index in [1.807, 2.05) is 19.2 Å². The molecule has 7 heteroatoms. The van der Waals surface area contributed by atoms with Crippen molar-refractivity contribution in [2.75, 3.05) is 19.6 Å². The van der Waals surface area contributed by atoms with Crippen LogP contribution < -0.4 is 10.6 Å². The first-order valence-corrected chi connectivity index (χ1v) is 10.1. The molecule has 0 amide bonds. The molecular formula is C20H26FN5S. The highest BCUT2D eigenvalue weighted by atomic mass is 32.1. The van der Waals surface area contributed by atoms with Crippen LogP contribution in [0.25, 0.3) is 10.9 Å². The summed E-state index contributed by atoms with van der Waals surface area (Å²) in [6.07, 6.45) is 3.69. The highest BCUT2D eigenvalue weighted by Gasteiger charge is 2.06. The van der Waals surface area contributed by atoms with Gasteiger partial charge in [-0.1, -0.05) is 0 Å². The summed E-state index contributed by atoms with van der Waals surface area (Å²) in [7, 11) is 0. The fourth-order valence-corrected chi connectivity index (χ4v) is 4.02. The van der Waals surface area contributed by atoms with E-state index in [0.29, 0.717) is 0 Å². The lowest BCUT2D eigenvalue weighted by atomic mass is 10.1. The second-order valence-electron chi connectivity index (χ2n) is 6.43. The molecule has 27 heavy (non-hydrogen) atoms. The lowest BCUT2D eigenvalue weighted by molar-refractivity contribution is 0.629. The number of aliphatic imine (C=N–C) groups is 1. The van der Waals surface area contributed by atoms with Gasteiger partial charge in [0.2, 0.25) is 0 Å². The van der Waals surface area contributed by atoms with Gasteiger partial charge in [-0.25, -0.2) is 9.37 Å². The normalized spacial score (nSPS) is 11.9. The first-order valence-electron chi connectivity index (χ1n) is 9.27. The van der Waals surface area contributed by atoms with E-state index in [9.17, 15) is 4.39 Å². The molecule has 144 valence electrons. The van der Waals surface area contributed by atoms with Crippen LogP contribution in [0.15, 0.2) is 29.4 Å². The van der Waals surface area contributed by atoms with Crippen LogP contribution in [-0.4, -0.2) is 35.6 Å². The molecule has 2 aromatic heterocycles. The number of H-pyrrole nitrogens is 1. The number of nitrogens with zero attached hydrogens (tertiary/aromatic N) is 2. The standard InChI is InChI=1S/C20H26FN5S/c1-4-22-20(24-10-8-19-13(2)26-14(3)27-19)23-9-7-15-12-25-18-11-16(21)5-6-17(15)18/h5-6,11-12,25H,4,7-10H2,1-3H3,(H2,22,23,24). The van der Waals surface area contributed by atoms with Crippen molar-refractivity contribution in [3.05, 3.63) is 51.4 Å². The van der Waals surface area contributed by atoms with E-state index in [0.717, 1.165) is 60.0 Å². The number of hydrogen-bond acceptors (Lipinski definition) is 3. The van der Waals surface area contributed by atoms with Crippen molar-refractivity contribution in [1.82, 2.24) is 20.6 Å². The summed E-state index contributed by atoms with van der Waals surface area (Å²) in [5.74, 6) is 0.601. The molecule has 0 fully saturated rings. The summed E-state index contributed by atoms with van der Waals surface area (Å²) in [4.78, 5) is 13.6. The Morgan fingerprint density at radius 1 is 1.26 bits per heavy atom. The molecular weight excluding hydrogens is 361 g/mol. The van der Waals surface area contributed by atoms with E-state index in [-0.39, 0.29) is 5.82 Å². The summed E-state index contributed by atoms with van der Waals surface area (Å²) >= 11 is 1.75. The van der Waals surface area contributed by atoms with Gasteiger partial charge in [-0.05, 0) is 51.0 Å². The third kappa shape index (κ3) is 5.07. The molecule has 0 unspecified atom stereocenters. The van der Waals surface area contributed by atoms with E-state index in [2.05, 4.69) is 39.4 Å². The third-order valence-corrected chi connectivity index (χ3v) is 5.50. The predicted molar refractivity (Wildman–Crippen MR) is 111 cm³/mol. The van der Waals surface area contributed by atoms with Crippen molar-refractivity contribution >= 4 is 28.2 Å². The molecule has 0 saturated heterocycles. The minimum atomic E-state index is -0.220. The van der Waals surface area contributed by atoms with Crippen molar-refractivity contribution in [2.45, 2.75) is 33.6 Å². The van der Waals surface area contributed by atoms with Crippen LogP contribution >= 0.6 is 11.3 Å². The van der Waals surface area contributed by atoms with Gasteiger partial charge in [0, 0.05) is 48.0 Å². The SMILES string of the molecule is CCNC(=NCCc1sc(C)nc1C)NCCc1c[nH]c2cc(F)ccc12. The summed E-state index contributed by atoms with van der Waals surface area (Å²) in [5.41, 5.74) is 3.12. The maximum absolute atomic E-state index is 13.3. The van der Waals surface area contributed by atoms with Crippen LogP contribution in [-0.2, 0) is 12.8 Å². The number of rotatable bonds is 7. The number of fused-ring (bicyclic) bond motifs is 1. The molecule has 0 atom stereocenters. The number of hydrogen-bond donors (Lipinski definition) is 3. The Labute approximate surface area is 163 Å². The van der Waals surface area contributed by atoms with Crippen molar-refractivity contribution in [3.8, 4) is 0 Å². The van der Waals surface area contributed by atoms with Crippen LogP contribution in [0.1, 0.15) is 28.1 Å². The zero-order chi connectivity index (χ0) is 19.2. The first-order chi connectivity index (χ1) is 13.1. The van der Waals surface area contributed by atoms with Gasteiger partial charge in [-0.3, -0.25) is 4.99 Å². The quantitative estimate of drug-likeness (QED) is 0.428. The highest BCUT2D eigenvalue weighted by Crippen LogP contribution is 2.19. The second kappa shape index (κ2) is 8.99. The highest BCUT2D eigenvalue weighted by molar-refractivity contribution is 7.11. The fourth-order valence-electron chi connectivity index (χ4n) is 3.10. The van der Waals surface area contributed by atoms with Gasteiger partial charge in [-0.15, -0.1) is 11.3 Å². The summed E-state index contributed by atoms with van der Waals surface area (Å²) < 4.78 is 13.3. The average molecular weight is 388 g/mol. The zero-order valence-corrected chi connectivity index (χ0v) is 16.8. The van der Waals surface area contributed by atoms with Gasteiger partial charge in [-0.2, -0.15) is 0 Å². The molecule has 0 bridgehead atoms. The average Bonchev–Trinajstić information content (AvgIpc) is 3.17. The molecule has 1 aromatic carbocycles. The Morgan fingerprint density at radius 3 is 2.85 bits per heavy atom. The number of aromatic amines is 1. The van der Waals surface area contributed by atoms with Crippen molar-refractivity contribution < 1.29 is 4.39 Å². The van der Waals surface area contributed by atoms with Crippen LogP contribution in [0.2, 0.25) is 0 Å². The van der Waals surface area contributed by atoms with Gasteiger partial charge in [0.1, 0.15) is 5.82 Å². The molecule has 0 saturated carbocycles. The fraction of sp³-hybridized carbons (Fsp3) is 0.400. The Hall–Kier alpha value is -2.41. The molecule has 0 spiro atoms. The monoisotopic (exact) mass is 387 g/mol. The zero-order valence-electron chi connectivity index (χ0n) is 16.0. The Balaban J connectivity index is 1.55. The smallest absolute Gasteiger partial charge is 0.191 e. The number of nitrogens with one attached hydrogen (secondary N) is 3.